The molecule has 5 heavy (non-hydrogen) atoms. The molecular formula is H6Na2O2Ti. The Morgan fingerprint density at radius 2 is 0.600 bits per heavy atom. The van der Waals surface area contributed by atoms with Gasteiger partial charge in [0.1, 0.15) is 0 Å². The molecule has 2 nitrogen and oxygen atoms in total. The maximum absolute atomic E-state index is 0. The van der Waals surface area contributed by atoms with E-state index in [0.717, 1.165) is 0 Å². The Bertz CT molecular complexity index is 7.61. The fourth-order valence-electron chi connectivity index (χ4n) is 0. The molecule has 0 aliphatic rings. The first-order valence-electron chi connectivity index (χ1n) is 0. The molecule has 5 heteroatoms. The van der Waals surface area contributed by atoms with Crippen molar-refractivity contribution in [3.63, 3.8) is 0 Å². The van der Waals surface area contributed by atoms with Crippen molar-refractivity contribution in [2.24, 2.45) is 0 Å². The summed E-state index contributed by atoms with van der Waals surface area (Å²) >= 11 is 0. The zero-order chi connectivity index (χ0) is 0. The topological polar surface area (TPSA) is 63.0 Å². The Hall–Kier alpha value is 2.63. The number of hydrogen-bond donors (Lipinski definition) is 0. The number of hydrogen-bond acceptors (Lipinski definition) is 0. The van der Waals surface area contributed by atoms with E-state index < -0.39 is 0 Å². The normalized spacial score (nSPS) is 0. The van der Waals surface area contributed by atoms with Gasteiger partial charge in [-0.25, -0.2) is 0 Å². The van der Waals surface area contributed by atoms with Crippen LogP contribution in [0, 0.1) is 0 Å². The van der Waals surface area contributed by atoms with Crippen LogP contribution < -0.4 is 0 Å². The van der Waals surface area contributed by atoms with Crippen LogP contribution in [0.1, 0.15) is 0 Å². The molecule has 0 unspecified atom stereocenters. The molecular weight excluding hydrogens is 126 g/mol. The van der Waals surface area contributed by atoms with Gasteiger partial charge in [-0.05, 0) is 0 Å². The van der Waals surface area contributed by atoms with Crippen LogP contribution in [0.5, 0.6) is 0 Å². The van der Waals surface area contributed by atoms with Gasteiger partial charge in [0, 0.05) is 21.7 Å². The summed E-state index contributed by atoms with van der Waals surface area (Å²) in [6.45, 7) is 0. The second-order valence-corrected chi connectivity index (χ2v) is 0. The van der Waals surface area contributed by atoms with Crippen molar-refractivity contribution in [2.45, 2.75) is 0 Å². The predicted molar refractivity (Wildman–Crippen MR) is 21.5 cm³/mol. The second-order valence-electron chi connectivity index (χ2n) is 0. The SMILES string of the molecule is O.O.[NaH].[NaH].[Ti]. The summed E-state index contributed by atoms with van der Waals surface area (Å²) in [6, 6.07) is 0. The molecule has 0 aromatic carbocycles. The predicted octanol–water partition coefficient (Wildman–Crippen LogP) is -2.95. The Balaban J connectivity index is 0. The molecule has 0 aromatic rings. The standard InChI is InChI=1S/2Na.2H2O.Ti.2H/h;;2*1H2;;;. The number of rotatable bonds is 0. The zero-order valence-electron chi connectivity index (χ0n) is 1.50. The van der Waals surface area contributed by atoms with Gasteiger partial charge >= 0.3 is 59.1 Å². The smallest absolute Gasteiger partial charge is 0 e. The third-order valence-corrected chi connectivity index (χ3v) is 0. The molecule has 0 saturated carbocycles. The molecule has 0 radical (unpaired) electrons. The van der Waals surface area contributed by atoms with Crippen LogP contribution in [0.3, 0.4) is 0 Å². The van der Waals surface area contributed by atoms with Crippen molar-refractivity contribution >= 4 is 59.1 Å². The third kappa shape index (κ3) is 20.5. The van der Waals surface area contributed by atoms with Gasteiger partial charge in [-0.2, -0.15) is 0 Å². The Labute approximate surface area is 90.2 Å². The minimum absolute atomic E-state index is 0. The van der Waals surface area contributed by atoms with Crippen molar-refractivity contribution in [1.29, 1.82) is 0 Å². The van der Waals surface area contributed by atoms with E-state index in [-0.39, 0.29) is 91.8 Å². The van der Waals surface area contributed by atoms with E-state index in [0.29, 0.717) is 0 Å². The Kier molecular flexibility index (Phi) is 294. The first-order chi connectivity index (χ1) is 0. The molecule has 4 N–H and O–H groups in total. The van der Waals surface area contributed by atoms with Crippen LogP contribution in [0.25, 0.3) is 0 Å². The van der Waals surface area contributed by atoms with Gasteiger partial charge in [-0.15, -0.1) is 0 Å². The fourth-order valence-corrected chi connectivity index (χ4v) is 0. The van der Waals surface area contributed by atoms with Crippen molar-refractivity contribution in [1.82, 2.24) is 0 Å². The van der Waals surface area contributed by atoms with E-state index in [1.165, 1.54) is 0 Å². The van der Waals surface area contributed by atoms with Crippen LogP contribution in [-0.4, -0.2) is 70.1 Å². The molecule has 0 fully saturated rings. The molecule has 0 spiro atoms. The van der Waals surface area contributed by atoms with Gasteiger partial charge in [-0.3, -0.25) is 0 Å². The molecule has 24 valence electrons. The monoisotopic (exact) mass is 132 g/mol. The summed E-state index contributed by atoms with van der Waals surface area (Å²) in [7, 11) is 0. The first-order valence-corrected chi connectivity index (χ1v) is 0. The van der Waals surface area contributed by atoms with Gasteiger partial charge < -0.3 is 11.0 Å². The van der Waals surface area contributed by atoms with Gasteiger partial charge in [0.25, 0.3) is 0 Å². The largest absolute Gasteiger partial charge is 0 e. The average molecular weight is 132 g/mol. The van der Waals surface area contributed by atoms with Gasteiger partial charge in [0.05, 0.1) is 0 Å². The first kappa shape index (κ1) is 48.4. The molecule has 0 aliphatic carbocycles. The van der Waals surface area contributed by atoms with Crippen molar-refractivity contribution in [3.05, 3.63) is 0 Å². The summed E-state index contributed by atoms with van der Waals surface area (Å²) in [4.78, 5) is 0. The van der Waals surface area contributed by atoms with Crippen molar-refractivity contribution in [2.75, 3.05) is 0 Å². The van der Waals surface area contributed by atoms with Crippen LogP contribution in [0.2, 0.25) is 0 Å². The van der Waals surface area contributed by atoms with Gasteiger partial charge in [0.15, 0.2) is 0 Å². The minimum Gasteiger partial charge on any atom is 0 e. The molecule has 0 aromatic heterocycles. The van der Waals surface area contributed by atoms with E-state index in [1.54, 1.807) is 0 Å². The molecule has 0 heterocycles. The third-order valence-electron chi connectivity index (χ3n) is 0. The summed E-state index contributed by atoms with van der Waals surface area (Å²) in [5.74, 6) is 0. The van der Waals surface area contributed by atoms with Gasteiger partial charge in [-0.1, -0.05) is 0 Å². The van der Waals surface area contributed by atoms with Crippen LogP contribution in [0.4, 0.5) is 0 Å². The second kappa shape index (κ2) is 30.3. The summed E-state index contributed by atoms with van der Waals surface area (Å²) in [5.41, 5.74) is 0. The summed E-state index contributed by atoms with van der Waals surface area (Å²) in [5, 5.41) is 0. The van der Waals surface area contributed by atoms with Crippen molar-refractivity contribution < 1.29 is 32.7 Å². The molecule has 0 saturated heterocycles. The van der Waals surface area contributed by atoms with Crippen LogP contribution >= 0.6 is 0 Å². The summed E-state index contributed by atoms with van der Waals surface area (Å²) < 4.78 is 0. The maximum Gasteiger partial charge on any atom is 0 e. The van der Waals surface area contributed by atoms with Crippen molar-refractivity contribution in [3.8, 4) is 0 Å². The van der Waals surface area contributed by atoms with Crippen LogP contribution in [-0.2, 0) is 21.7 Å². The molecule has 0 rings (SSSR count). The van der Waals surface area contributed by atoms with Gasteiger partial charge in [0.2, 0.25) is 0 Å². The zero-order valence-corrected chi connectivity index (χ0v) is 3.06. The maximum atomic E-state index is 0. The van der Waals surface area contributed by atoms with E-state index in [2.05, 4.69) is 0 Å². The molecule has 0 amide bonds. The fraction of sp³-hybridized carbons (Fsp3) is 0. The summed E-state index contributed by atoms with van der Waals surface area (Å²) in [6.07, 6.45) is 0. The Morgan fingerprint density at radius 1 is 0.600 bits per heavy atom. The quantitative estimate of drug-likeness (QED) is 0.316. The van der Waals surface area contributed by atoms with E-state index in [9.17, 15) is 0 Å². The van der Waals surface area contributed by atoms with E-state index in [4.69, 9.17) is 0 Å². The molecule has 0 aliphatic heterocycles. The van der Waals surface area contributed by atoms with E-state index in [1.807, 2.05) is 0 Å². The molecule has 0 atom stereocenters. The van der Waals surface area contributed by atoms with E-state index >= 15 is 0 Å². The van der Waals surface area contributed by atoms with Crippen LogP contribution in [0.15, 0.2) is 0 Å². The average Bonchev–Trinajstić information content (AvgIpc) is 0. The molecule has 0 bridgehead atoms. The Morgan fingerprint density at radius 3 is 0.600 bits per heavy atom. The minimum atomic E-state index is 0.